The minimum absolute atomic E-state index is 0.0875. The number of hydrogen-bond donors (Lipinski definition) is 2. The van der Waals surface area contributed by atoms with Gasteiger partial charge in [0.05, 0.1) is 12.5 Å². The number of imide groups is 1. The molecule has 0 aliphatic carbocycles. The van der Waals surface area contributed by atoms with Crippen molar-refractivity contribution < 1.29 is 23.9 Å². The molecule has 2 heterocycles. The van der Waals surface area contributed by atoms with Crippen molar-refractivity contribution in [3.05, 3.63) is 0 Å². The van der Waals surface area contributed by atoms with E-state index in [-0.39, 0.29) is 30.6 Å². The summed E-state index contributed by atoms with van der Waals surface area (Å²) in [6, 6.07) is -0.696. The lowest BCUT2D eigenvalue weighted by molar-refractivity contribution is -0.138. The highest BCUT2D eigenvalue weighted by Crippen LogP contribution is 2.18. The number of nitrogens with one attached hydrogen (secondary N) is 2. The van der Waals surface area contributed by atoms with Crippen molar-refractivity contribution in [2.75, 3.05) is 26.8 Å². The molecule has 2 saturated heterocycles. The highest BCUT2D eigenvalue weighted by molar-refractivity contribution is 6.02. The van der Waals surface area contributed by atoms with Crippen LogP contribution in [0.4, 0.5) is 0 Å². The van der Waals surface area contributed by atoms with Crippen LogP contribution in [0, 0.1) is 5.92 Å². The quantitative estimate of drug-likeness (QED) is 0.595. The van der Waals surface area contributed by atoms with Crippen LogP contribution < -0.4 is 10.6 Å². The summed E-state index contributed by atoms with van der Waals surface area (Å²) in [6.07, 6.45) is 0.646. The van der Waals surface area contributed by atoms with E-state index in [0.717, 1.165) is 0 Å². The van der Waals surface area contributed by atoms with Gasteiger partial charge < -0.3 is 15.0 Å². The number of likely N-dealkylation sites (tertiary alicyclic amines) is 1. The molecule has 2 atom stereocenters. The smallest absolute Gasteiger partial charge is 0.249 e. The van der Waals surface area contributed by atoms with E-state index in [1.54, 1.807) is 12.0 Å². The number of amides is 4. The molecular formula is C13H19N3O5. The molecule has 116 valence electrons. The summed E-state index contributed by atoms with van der Waals surface area (Å²) in [5.41, 5.74) is 0. The van der Waals surface area contributed by atoms with Gasteiger partial charge in [-0.1, -0.05) is 0 Å². The third kappa shape index (κ3) is 3.78. The predicted octanol–water partition coefficient (Wildman–Crippen LogP) is -1.60. The zero-order valence-electron chi connectivity index (χ0n) is 11.9. The summed E-state index contributed by atoms with van der Waals surface area (Å²) in [5, 5.41) is 4.80. The van der Waals surface area contributed by atoms with E-state index in [1.165, 1.54) is 0 Å². The van der Waals surface area contributed by atoms with Crippen molar-refractivity contribution in [3.63, 3.8) is 0 Å². The summed E-state index contributed by atoms with van der Waals surface area (Å²) in [4.78, 5) is 48.1. The minimum Gasteiger partial charge on any atom is -0.383 e. The van der Waals surface area contributed by atoms with Gasteiger partial charge in [0.15, 0.2) is 0 Å². The van der Waals surface area contributed by atoms with Crippen LogP contribution in [0.25, 0.3) is 0 Å². The lowest BCUT2D eigenvalue weighted by Crippen LogP contribution is -2.53. The van der Waals surface area contributed by atoms with Crippen molar-refractivity contribution in [3.8, 4) is 0 Å². The number of hydrogen-bond acceptors (Lipinski definition) is 5. The molecule has 0 aromatic carbocycles. The molecule has 0 spiro atoms. The van der Waals surface area contributed by atoms with Gasteiger partial charge in [-0.05, 0) is 6.42 Å². The number of nitrogens with zero attached hydrogens (tertiary/aromatic N) is 1. The first kappa shape index (κ1) is 15.4. The van der Waals surface area contributed by atoms with E-state index in [9.17, 15) is 19.2 Å². The molecule has 0 aromatic rings. The van der Waals surface area contributed by atoms with Crippen LogP contribution in [0.1, 0.15) is 19.3 Å². The minimum atomic E-state index is -0.696. The number of methoxy groups -OCH3 is 1. The molecule has 0 saturated carbocycles. The normalized spacial score (nSPS) is 26.0. The Morgan fingerprint density at radius 1 is 1.43 bits per heavy atom. The van der Waals surface area contributed by atoms with Crippen molar-refractivity contribution in [2.45, 2.75) is 25.3 Å². The first-order chi connectivity index (χ1) is 10.0. The Morgan fingerprint density at radius 2 is 2.19 bits per heavy atom. The number of ether oxygens (including phenoxy) is 1. The highest BCUT2D eigenvalue weighted by atomic mass is 16.5. The standard InChI is InChI=1S/C13H19N3O5/c1-21-5-4-16-7-8(6-11(16)18)12(19)14-9-2-3-10(17)15-13(9)20/h8-9H,2-7H2,1H3,(H,14,19)(H,15,17,20). The molecule has 21 heavy (non-hydrogen) atoms. The van der Waals surface area contributed by atoms with Gasteiger partial charge in [0, 0.05) is 33.0 Å². The topological polar surface area (TPSA) is 105 Å². The Hall–Kier alpha value is -1.96. The Labute approximate surface area is 122 Å². The highest BCUT2D eigenvalue weighted by Gasteiger charge is 2.36. The van der Waals surface area contributed by atoms with Crippen molar-refractivity contribution in [1.29, 1.82) is 0 Å². The fraction of sp³-hybridized carbons (Fsp3) is 0.692. The van der Waals surface area contributed by atoms with Crippen LogP contribution >= 0.6 is 0 Å². The van der Waals surface area contributed by atoms with Gasteiger partial charge in [-0.2, -0.15) is 0 Å². The van der Waals surface area contributed by atoms with Crippen LogP contribution in [0.3, 0.4) is 0 Å². The van der Waals surface area contributed by atoms with E-state index in [0.29, 0.717) is 26.1 Å². The number of piperidine rings is 1. The molecular weight excluding hydrogens is 278 g/mol. The van der Waals surface area contributed by atoms with E-state index in [2.05, 4.69) is 10.6 Å². The van der Waals surface area contributed by atoms with E-state index in [1.807, 2.05) is 0 Å². The first-order valence-corrected chi connectivity index (χ1v) is 6.92. The van der Waals surface area contributed by atoms with Crippen LogP contribution in [0.5, 0.6) is 0 Å². The average Bonchev–Trinajstić information content (AvgIpc) is 2.81. The molecule has 2 aliphatic rings. The van der Waals surface area contributed by atoms with E-state index in [4.69, 9.17) is 4.74 Å². The van der Waals surface area contributed by atoms with Gasteiger partial charge >= 0.3 is 0 Å². The SMILES string of the molecule is COCCN1CC(C(=O)NC2CCC(=O)NC2=O)CC1=O. The lowest BCUT2D eigenvalue weighted by Gasteiger charge is -2.23. The fourth-order valence-electron chi connectivity index (χ4n) is 2.49. The van der Waals surface area contributed by atoms with Gasteiger partial charge in [0.1, 0.15) is 6.04 Å². The Morgan fingerprint density at radius 3 is 2.86 bits per heavy atom. The second kappa shape index (κ2) is 6.66. The van der Waals surface area contributed by atoms with Crippen LogP contribution in [0.15, 0.2) is 0 Å². The molecule has 8 nitrogen and oxygen atoms in total. The van der Waals surface area contributed by atoms with Gasteiger partial charge in [-0.15, -0.1) is 0 Å². The molecule has 0 bridgehead atoms. The molecule has 8 heteroatoms. The molecule has 2 aliphatic heterocycles. The maximum absolute atomic E-state index is 12.1. The number of carbonyl (C=O) groups is 4. The second-order valence-electron chi connectivity index (χ2n) is 5.25. The third-order valence-electron chi connectivity index (χ3n) is 3.71. The molecule has 4 amide bonds. The van der Waals surface area contributed by atoms with Crippen LogP contribution in [-0.2, 0) is 23.9 Å². The molecule has 2 unspecified atom stereocenters. The van der Waals surface area contributed by atoms with Gasteiger partial charge in [0.25, 0.3) is 0 Å². The van der Waals surface area contributed by atoms with Crippen LogP contribution in [0.2, 0.25) is 0 Å². The van der Waals surface area contributed by atoms with Gasteiger partial charge in [0.2, 0.25) is 23.6 Å². The number of carbonyl (C=O) groups excluding carboxylic acids is 4. The summed E-state index contributed by atoms with van der Waals surface area (Å²) >= 11 is 0. The maximum Gasteiger partial charge on any atom is 0.249 e. The van der Waals surface area contributed by atoms with Crippen molar-refractivity contribution in [2.24, 2.45) is 5.92 Å². The monoisotopic (exact) mass is 297 g/mol. The molecule has 2 rings (SSSR count). The maximum atomic E-state index is 12.1. The summed E-state index contributed by atoms with van der Waals surface area (Å²) in [5.74, 6) is -1.68. The van der Waals surface area contributed by atoms with Crippen molar-refractivity contribution >= 4 is 23.6 Å². The van der Waals surface area contributed by atoms with E-state index >= 15 is 0 Å². The molecule has 0 radical (unpaired) electrons. The number of rotatable bonds is 5. The second-order valence-corrected chi connectivity index (χ2v) is 5.25. The summed E-state index contributed by atoms with van der Waals surface area (Å²) in [7, 11) is 1.55. The van der Waals surface area contributed by atoms with Gasteiger partial charge in [-0.3, -0.25) is 24.5 Å². The third-order valence-corrected chi connectivity index (χ3v) is 3.71. The Kier molecular flexibility index (Phi) is 4.89. The largest absolute Gasteiger partial charge is 0.383 e. The summed E-state index contributed by atoms with van der Waals surface area (Å²) in [6.45, 7) is 1.21. The average molecular weight is 297 g/mol. The predicted molar refractivity (Wildman–Crippen MR) is 70.9 cm³/mol. The lowest BCUT2D eigenvalue weighted by atomic mass is 10.0. The zero-order chi connectivity index (χ0) is 15.4. The Bertz CT molecular complexity index is 465. The van der Waals surface area contributed by atoms with E-state index < -0.39 is 17.9 Å². The van der Waals surface area contributed by atoms with Gasteiger partial charge in [-0.25, -0.2) is 0 Å². The molecule has 2 fully saturated rings. The van der Waals surface area contributed by atoms with Crippen molar-refractivity contribution in [1.82, 2.24) is 15.5 Å². The molecule has 0 aromatic heterocycles. The van der Waals surface area contributed by atoms with Crippen LogP contribution in [-0.4, -0.2) is 61.4 Å². The zero-order valence-corrected chi connectivity index (χ0v) is 11.9. The first-order valence-electron chi connectivity index (χ1n) is 6.92. The molecule has 2 N–H and O–H groups in total. The fourth-order valence-corrected chi connectivity index (χ4v) is 2.49. The Balaban J connectivity index is 1.85. The summed E-state index contributed by atoms with van der Waals surface area (Å²) < 4.78 is 4.91.